The molecule has 230 valence electrons. The van der Waals surface area contributed by atoms with Crippen molar-refractivity contribution in [2.24, 2.45) is 0 Å². The highest BCUT2D eigenvalue weighted by Gasteiger charge is 2.19. The second-order valence-electron chi connectivity index (χ2n) is 10.3. The molecule has 1 heterocycles. The van der Waals surface area contributed by atoms with E-state index < -0.39 is 24.0 Å². The van der Waals surface area contributed by atoms with Gasteiger partial charge in [-0.2, -0.15) is 0 Å². The summed E-state index contributed by atoms with van der Waals surface area (Å²) in [6, 6.07) is 12.7. The van der Waals surface area contributed by atoms with Crippen molar-refractivity contribution in [3.05, 3.63) is 72.1 Å². The van der Waals surface area contributed by atoms with E-state index >= 15 is 0 Å². The van der Waals surface area contributed by atoms with E-state index in [4.69, 9.17) is 14.2 Å². The van der Waals surface area contributed by atoms with Gasteiger partial charge in [0.2, 0.25) is 5.88 Å². The molecule has 43 heavy (non-hydrogen) atoms. The van der Waals surface area contributed by atoms with Gasteiger partial charge in [-0.25, -0.2) is 24.4 Å². The number of benzene rings is 2. The smallest absolute Gasteiger partial charge is 0.346 e. The highest BCUT2D eigenvalue weighted by molar-refractivity contribution is 5.93. The topological polar surface area (TPSA) is 114 Å². The number of hydrogen-bond acceptors (Lipinski definition) is 9. The summed E-state index contributed by atoms with van der Waals surface area (Å²) in [4.78, 5) is 45.0. The maximum Gasteiger partial charge on any atom is 0.346 e. The highest BCUT2D eigenvalue weighted by Crippen LogP contribution is 2.20. The largest absolute Gasteiger partial charge is 0.477 e. The van der Waals surface area contributed by atoms with Crippen LogP contribution in [0.4, 0.5) is 0 Å². The molecule has 0 saturated heterocycles. The molecule has 0 spiro atoms. The van der Waals surface area contributed by atoms with Gasteiger partial charge in [-0.3, -0.25) is 0 Å². The lowest BCUT2D eigenvalue weighted by Gasteiger charge is -2.11. The van der Waals surface area contributed by atoms with Crippen LogP contribution in [0.2, 0.25) is 0 Å². The third kappa shape index (κ3) is 11.5. The minimum absolute atomic E-state index is 0.205. The standard InChI is InChI=1S/C34H42N2O7/c1-4-5-6-7-8-9-10-11-12-13-22-41-31-24-35-30(23-36-31)26-14-16-27(17-15-26)34(39)43-29-20-18-28(19-21-29)33(38)42-25(2)32(37)40-3/h14-21,23-25H,4-13,22H2,1-3H3. The van der Waals surface area contributed by atoms with Crippen LogP contribution in [0.3, 0.4) is 0 Å². The number of nitrogens with zero attached hydrogens (tertiary/aromatic N) is 2. The Morgan fingerprint density at radius 2 is 1.30 bits per heavy atom. The molecule has 0 bridgehead atoms. The molecule has 1 unspecified atom stereocenters. The molecular weight excluding hydrogens is 548 g/mol. The number of ether oxygens (including phenoxy) is 4. The SMILES string of the molecule is CCCCCCCCCCCCOc1cnc(-c2ccc(C(=O)Oc3ccc(C(=O)OC(C)C(=O)OC)cc3)cc2)cn1. The molecule has 0 saturated carbocycles. The molecule has 0 radical (unpaired) electrons. The van der Waals surface area contributed by atoms with Crippen molar-refractivity contribution in [1.29, 1.82) is 0 Å². The summed E-state index contributed by atoms with van der Waals surface area (Å²) >= 11 is 0. The second kappa shape index (κ2) is 18.3. The predicted molar refractivity (Wildman–Crippen MR) is 163 cm³/mol. The fourth-order valence-electron chi connectivity index (χ4n) is 4.35. The molecule has 0 aliphatic carbocycles. The van der Waals surface area contributed by atoms with Crippen molar-refractivity contribution in [2.75, 3.05) is 13.7 Å². The molecule has 2 aromatic carbocycles. The highest BCUT2D eigenvalue weighted by atomic mass is 16.6. The van der Waals surface area contributed by atoms with Gasteiger partial charge >= 0.3 is 17.9 Å². The molecule has 9 heteroatoms. The summed E-state index contributed by atoms with van der Waals surface area (Å²) in [6.07, 6.45) is 15.0. The van der Waals surface area contributed by atoms with Crippen LogP contribution in [0.15, 0.2) is 60.9 Å². The van der Waals surface area contributed by atoms with Gasteiger partial charge in [0.05, 0.1) is 42.9 Å². The molecular formula is C34H42N2O7. The van der Waals surface area contributed by atoms with E-state index in [1.807, 2.05) is 0 Å². The van der Waals surface area contributed by atoms with Crippen LogP contribution in [0.5, 0.6) is 11.6 Å². The van der Waals surface area contributed by atoms with Crippen LogP contribution < -0.4 is 9.47 Å². The maximum absolute atomic E-state index is 12.6. The van der Waals surface area contributed by atoms with Crippen LogP contribution in [0.1, 0.15) is 98.8 Å². The van der Waals surface area contributed by atoms with E-state index in [9.17, 15) is 14.4 Å². The minimum Gasteiger partial charge on any atom is -0.477 e. The number of esters is 3. The van der Waals surface area contributed by atoms with Crippen molar-refractivity contribution >= 4 is 17.9 Å². The Hall–Kier alpha value is -4.27. The molecule has 9 nitrogen and oxygen atoms in total. The van der Waals surface area contributed by atoms with E-state index in [-0.39, 0.29) is 11.3 Å². The van der Waals surface area contributed by atoms with Crippen molar-refractivity contribution in [3.8, 4) is 22.9 Å². The first-order valence-electron chi connectivity index (χ1n) is 15.1. The molecule has 0 amide bonds. The summed E-state index contributed by atoms with van der Waals surface area (Å²) in [7, 11) is 1.21. The van der Waals surface area contributed by atoms with Gasteiger partial charge < -0.3 is 18.9 Å². The number of hydrogen-bond donors (Lipinski definition) is 0. The molecule has 0 aliphatic rings. The van der Waals surface area contributed by atoms with Gasteiger partial charge in [0.1, 0.15) is 5.75 Å². The molecule has 0 N–H and O–H groups in total. The van der Waals surface area contributed by atoms with Gasteiger partial charge in [-0.05, 0) is 49.7 Å². The number of carbonyl (C=O) groups is 3. The Morgan fingerprint density at radius 3 is 1.88 bits per heavy atom. The third-order valence-corrected chi connectivity index (χ3v) is 6.91. The number of rotatable bonds is 18. The summed E-state index contributed by atoms with van der Waals surface area (Å²) in [5.41, 5.74) is 2.02. The average molecular weight is 591 g/mol. The van der Waals surface area contributed by atoms with Gasteiger partial charge in [-0.1, -0.05) is 76.8 Å². The lowest BCUT2D eigenvalue weighted by Crippen LogP contribution is -2.25. The molecule has 0 aliphatic heterocycles. The maximum atomic E-state index is 12.6. The summed E-state index contributed by atoms with van der Waals surface area (Å²) in [5.74, 6) is -1.15. The summed E-state index contributed by atoms with van der Waals surface area (Å²) in [5, 5.41) is 0. The number of aromatic nitrogens is 2. The predicted octanol–water partition coefficient (Wildman–Crippen LogP) is 7.38. The molecule has 1 atom stereocenters. The van der Waals surface area contributed by atoms with Crippen molar-refractivity contribution in [2.45, 2.75) is 84.2 Å². The second-order valence-corrected chi connectivity index (χ2v) is 10.3. The van der Waals surface area contributed by atoms with E-state index in [0.29, 0.717) is 23.7 Å². The van der Waals surface area contributed by atoms with Crippen molar-refractivity contribution < 1.29 is 33.3 Å². The van der Waals surface area contributed by atoms with Gasteiger partial charge in [-0.15, -0.1) is 0 Å². The lowest BCUT2D eigenvalue weighted by atomic mass is 10.1. The van der Waals surface area contributed by atoms with Crippen LogP contribution in [-0.2, 0) is 14.3 Å². The quantitative estimate of drug-likeness (QED) is 0.0850. The Bertz CT molecular complexity index is 1280. The Morgan fingerprint density at radius 1 is 0.721 bits per heavy atom. The monoisotopic (exact) mass is 590 g/mol. The Labute approximate surface area is 253 Å². The van der Waals surface area contributed by atoms with Crippen LogP contribution in [0.25, 0.3) is 11.3 Å². The number of carbonyl (C=O) groups excluding carboxylic acids is 3. The fraction of sp³-hybridized carbons (Fsp3) is 0.441. The van der Waals surface area contributed by atoms with Gasteiger partial charge in [0.25, 0.3) is 0 Å². The average Bonchev–Trinajstić information content (AvgIpc) is 3.03. The van der Waals surface area contributed by atoms with E-state index in [2.05, 4.69) is 21.6 Å². The van der Waals surface area contributed by atoms with Crippen LogP contribution in [0, 0.1) is 0 Å². The van der Waals surface area contributed by atoms with Crippen LogP contribution >= 0.6 is 0 Å². The van der Waals surface area contributed by atoms with E-state index in [0.717, 1.165) is 18.4 Å². The molecule has 0 fully saturated rings. The zero-order valence-electron chi connectivity index (χ0n) is 25.4. The minimum atomic E-state index is -1.03. The Kier molecular flexibility index (Phi) is 14.1. The van der Waals surface area contributed by atoms with Gasteiger partial charge in [0, 0.05) is 5.56 Å². The normalized spacial score (nSPS) is 11.4. The molecule has 1 aromatic heterocycles. The zero-order valence-corrected chi connectivity index (χ0v) is 25.4. The first-order valence-corrected chi connectivity index (χ1v) is 15.1. The van der Waals surface area contributed by atoms with Crippen LogP contribution in [-0.4, -0.2) is 47.7 Å². The Balaban J connectivity index is 1.39. The van der Waals surface area contributed by atoms with Crippen molar-refractivity contribution in [1.82, 2.24) is 9.97 Å². The first kappa shape index (κ1) is 33.2. The summed E-state index contributed by atoms with van der Waals surface area (Å²) in [6.45, 7) is 4.29. The lowest BCUT2D eigenvalue weighted by molar-refractivity contribution is -0.149. The summed E-state index contributed by atoms with van der Waals surface area (Å²) < 4.78 is 20.7. The van der Waals surface area contributed by atoms with Gasteiger partial charge in [0.15, 0.2) is 6.10 Å². The number of unbranched alkanes of at least 4 members (excludes halogenated alkanes) is 9. The van der Waals surface area contributed by atoms with E-state index in [1.54, 1.807) is 36.7 Å². The fourth-order valence-corrected chi connectivity index (χ4v) is 4.35. The van der Waals surface area contributed by atoms with Crippen molar-refractivity contribution in [3.63, 3.8) is 0 Å². The third-order valence-electron chi connectivity index (χ3n) is 6.91. The molecule has 3 rings (SSSR count). The molecule has 3 aromatic rings. The van der Waals surface area contributed by atoms with E-state index in [1.165, 1.54) is 89.7 Å². The number of methoxy groups -OCH3 is 1. The first-order chi connectivity index (χ1) is 20.9. The zero-order chi connectivity index (χ0) is 30.9.